The van der Waals surface area contributed by atoms with Gasteiger partial charge in [0.25, 0.3) is 0 Å². The minimum Gasteiger partial charge on any atom is -0.481 e. The third-order valence-corrected chi connectivity index (χ3v) is 3.71. The highest BCUT2D eigenvalue weighted by molar-refractivity contribution is 5.66. The summed E-state index contributed by atoms with van der Waals surface area (Å²) in [6, 6.07) is 10.4. The Bertz CT molecular complexity index is 352. The number of carboxylic acids is 1. The molecule has 1 fully saturated rings. The van der Waals surface area contributed by atoms with E-state index >= 15 is 0 Å². The highest BCUT2D eigenvalue weighted by Gasteiger charge is 2.36. The normalized spacial score (nSPS) is 17.8. The quantitative estimate of drug-likeness (QED) is 0.823. The van der Waals surface area contributed by atoms with E-state index in [1.807, 2.05) is 6.07 Å². The Kier molecular flexibility index (Phi) is 3.28. The standard InChI is InChI=1S/C14H18O2/c15-13(16)7-10-14(8-4-9-14)11-12-5-2-1-3-6-12/h1-3,5-6H,4,7-11H2,(H,15,16). The zero-order valence-electron chi connectivity index (χ0n) is 9.48. The van der Waals surface area contributed by atoms with Crippen LogP contribution in [0.15, 0.2) is 30.3 Å². The Morgan fingerprint density at radius 2 is 1.94 bits per heavy atom. The van der Waals surface area contributed by atoms with Crippen LogP contribution in [-0.2, 0) is 11.2 Å². The first-order valence-corrected chi connectivity index (χ1v) is 5.96. The Morgan fingerprint density at radius 1 is 1.25 bits per heavy atom. The van der Waals surface area contributed by atoms with Crippen molar-refractivity contribution in [1.29, 1.82) is 0 Å². The number of carbonyl (C=O) groups is 1. The van der Waals surface area contributed by atoms with Gasteiger partial charge in [0.2, 0.25) is 0 Å². The maximum Gasteiger partial charge on any atom is 0.303 e. The molecular weight excluding hydrogens is 200 g/mol. The lowest BCUT2D eigenvalue weighted by molar-refractivity contribution is -0.138. The zero-order chi connectivity index (χ0) is 11.4. The molecule has 86 valence electrons. The predicted molar refractivity (Wildman–Crippen MR) is 63.3 cm³/mol. The largest absolute Gasteiger partial charge is 0.481 e. The van der Waals surface area contributed by atoms with Gasteiger partial charge in [0.05, 0.1) is 0 Å². The van der Waals surface area contributed by atoms with Crippen molar-refractivity contribution >= 4 is 5.97 Å². The lowest BCUT2D eigenvalue weighted by atomic mass is 9.63. The van der Waals surface area contributed by atoms with E-state index in [1.54, 1.807) is 0 Å². The number of aliphatic carboxylic acids is 1. The fraction of sp³-hybridized carbons (Fsp3) is 0.500. The molecule has 0 bridgehead atoms. The van der Waals surface area contributed by atoms with Crippen LogP contribution in [0.25, 0.3) is 0 Å². The van der Waals surface area contributed by atoms with E-state index in [2.05, 4.69) is 24.3 Å². The van der Waals surface area contributed by atoms with E-state index in [0.29, 0.717) is 6.42 Å². The molecule has 1 saturated carbocycles. The molecule has 2 rings (SSSR count). The van der Waals surface area contributed by atoms with Gasteiger partial charge in [0.1, 0.15) is 0 Å². The van der Waals surface area contributed by atoms with Crippen LogP contribution in [0, 0.1) is 5.41 Å². The van der Waals surface area contributed by atoms with E-state index in [-0.39, 0.29) is 5.41 Å². The minimum atomic E-state index is -0.667. The molecule has 1 aliphatic carbocycles. The van der Waals surface area contributed by atoms with Crippen LogP contribution in [0.4, 0.5) is 0 Å². The van der Waals surface area contributed by atoms with Crippen LogP contribution >= 0.6 is 0 Å². The zero-order valence-corrected chi connectivity index (χ0v) is 9.48. The first-order chi connectivity index (χ1) is 7.70. The second-order valence-electron chi connectivity index (χ2n) is 4.91. The summed E-state index contributed by atoms with van der Waals surface area (Å²) in [4.78, 5) is 10.6. The van der Waals surface area contributed by atoms with Gasteiger partial charge in [-0.25, -0.2) is 0 Å². The van der Waals surface area contributed by atoms with Crippen molar-refractivity contribution in [3.05, 3.63) is 35.9 Å². The molecule has 1 aromatic carbocycles. The van der Waals surface area contributed by atoms with Gasteiger partial charge in [0.15, 0.2) is 0 Å². The summed E-state index contributed by atoms with van der Waals surface area (Å²) < 4.78 is 0. The lowest BCUT2D eigenvalue weighted by Crippen LogP contribution is -2.32. The van der Waals surface area contributed by atoms with Crippen molar-refractivity contribution in [2.45, 2.75) is 38.5 Å². The van der Waals surface area contributed by atoms with E-state index in [9.17, 15) is 4.79 Å². The second-order valence-corrected chi connectivity index (χ2v) is 4.91. The van der Waals surface area contributed by atoms with Gasteiger partial charge in [-0.05, 0) is 36.7 Å². The van der Waals surface area contributed by atoms with E-state index in [4.69, 9.17) is 5.11 Å². The van der Waals surface area contributed by atoms with Gasteiger partial charge in [-0.1, -0.05) is 36.8 Å². The molecule has 16 heavy (non-hydrogen) atoms. The Morgan fingerprint density at radius 3 is 2.44 bits per heavy atom. The molecule has 0 saturated heterocycles. The summed E-state index contributed by atoms with van der Waals surface area (Å²) in [5.41, 5.74) is 1.62. The Balaban J connectivity index is 1.97. The molecule has 0 aromatic heterocycles. The van der Waals surface area contributed by atoms with E-state index < -0.39 is 5.97 Å². The smallest absolute Gasteiger partial charge is 0.303 e. The van der Waals surface area contributed by atoms with E-state index in [0.717, 1.165) is 12.8 Å². The molecule has 1 aromatic rings. The Labute approximate surface area is 96.3 Å². The molecule has 1 N–H and O–H groups in total. The van der Waals surface area contributed by atoms with Gasteiger partial charge in [-0.2, -0.15) is 0 Å². The van der Waals surface area contributed by atoms with Crippen LogP contribution < -0.4 is 0 Å². The summed E-state index contributed by atoms with van der Waals surface area (Å²) in [7, 11) is 0. The molecule has 0 amide bonds. The van der Waals surface area contributed by atoms with Crippen LogP contribution in [-0.4, -0.2) is 11.1 Å². The average molecular weight is 218 g/mol. The number of benzene rings is 1. The number of carboxylic acid groups (broad SMARTS) is 1. The van der Waals surface area contributed by atoms with Crippen molar-refractivity contribution in [3.63, 3.8) is 0 Å². The first-order valence-electron chi connectivity index (χ1n) is 5.96. The highest BCUT2D eigenvalue weighted by Crippen LogP contribution is 2.47. The van der Waals surface area contributed by atoms with Crippen LogP contribution in [0.2, 0.25) is 0 Å². The summed E-state index contributed by atoms with van der Waals surface area (Å²) in [5.74, 6) is -0.667. The van der Waals surface area contributed by atoms with Crippen LogP contribution in [0.5, 0.6) is 0 Å². The molecule has 1 aliphatic rings. The SMILES string of the molecule is O=C(O)CCC1(Cc2ccccc2)CCC1. The first kappa shape index (κ1) is 11.2. The molecule has 0 spiro atoms. The van der Waals surface area contributed by atoms with Crippen molar-refractivity contribution in [2.75, 3.05) is 0 Å². The van der Waals surface area contributed by atoms with Crippen molar-refractivity contribution < 1.29 is 9.90 Å². The summed E-state index contributed by atoms with van der Waals surface area (Å²) in [6.07, 6.45) is 5.82. The monoisotopic (exact) mass is 218 g/mol. The topological polar surface area (TPSA) is 37.3 Å². The van der Waals surface area contributed by atoms with Crippen LogP contribution in [0.3, 0.4) is 0 Å². The number of rotatable bonds is 5. The van der Waals surface area contributed by atoms with Crippen LogP contribution in [0.1, 0.15) is 37.7 Å². The van der Waals surface area contributed by atoms with Crippen molar-refractivity contribution in [3.8, 4) is 0 Å². The molecule has 0 atom stereocenters. The molecule has 0 unspecified atom stereocenters. The number of hydrogen-bond donors (Lipinski definition) is 1. The van der Waals surface area contributed by atoms with Gasteiger partial charge in [-0.3, -0.25) is 4.79 Å². The van der Waals surface area contributed by atoms with Crippen molar-refractivity contribution in [1.82, 2.24) is 0 Å². The molecule has 0 heterocycles. The van der Waals surface area contributed by atoms with Gasteiger partial charge >= 0.3 is 5.97 Å². The summed E-state index contributed by atoms with van der Waals surface area (Å²) >= 11 is 0. The highest BCUT2D eigenvalue weighted by atomic mass is 16.4. The fourth-order valence-corrected chi connectivity index (χ4v) is 2.59. The minimum absolute atomic E-state index is 0.278. The number of hydrogen-bond acceptors (Lipinski definition) is 1. The molecule has 2 nitrogen and oxygen atoms in total. The van der Waals surface area contributed by atoms with Gasteiger partial charge in [-0.15, -0.1) is 0 Å². The third kappa shape index (κ3) is 2.63. The maximum absolute atomic E-state index is 10.6. The Hall–Kier alpha value is -1.31. The molecule has 0 radical (unpaired) electrons. The molecule has 0 aliphatic heterocycles. The lowest BCUT2D eigenvalue weighted by Gasteiger charge is -2.42. The molecule has 2 heteroatoms. The fourth-order valence-electron chi connectivity index (χ4n) is 2.59. The maximum atomic E-state index is 10.6. The van der Waals surface area contributed by atoms with E-state index in [1.165, 1.54) is 24.8 Å². The van der Waals surface area contributed by atoms with Gasteiger partial charge < -0.3 is 5.11 Å². The van der Waals surface area contributed by atoms with Crippen molar-refractivity contribution in [2.24, 2.45) is 5.41 Å². The average Bonchev–Trinajstić information content (AvgIpc) is 2.23. The van der Waals surface area contributed by atoms with Gasteiger partial charge in [0, 0.05) is 6.42 Å². The summed E-state index contributed by atoms with van der Waals surface area (Å²) in [5, 5.41) is 8.76. The summed E-state index contributed by atoms with van der Waals surface area (Å²) in [6.45, 7) is 0. The third-order valence-electron chi connectivity index (χ3n) is 3.71. The second kappa shape index (κ2) is 4.69. The molecular formula is C14H18O2. The predicted octanol–water partition coefficient (Wildman–Crippen LogP) is 3.26.